The molecule has 1 aliphatic carbocycles. The fraction of sp³-hybridized carbons (Fsp3) is 0.741. The number of ether oxygens (including phenoxy) is 3. The van der Waals surface area contributed by atoms with Crippen LogP contribution < -0.4 is 0 Å². The maximum atomic E-state index is 11.7. The smallest absolute Gasteiger partial charge is 0.348 e. The number of esters is 1. The fourth-order valence-corrected chi connectivity index (χ4v) is 6.52. The van der Waals surface area contributed by atoms with Crippen molar-refractivity contribution in [1.29, 1.82) is 0 Å². The molecular formula is C27H41ClO6S. The van der Waals surface area contributed by atoms with Crippen molar-refractivity contribution in [2.75, 3.05) is 13.7 Å². The quantitative estimate of drug-likeness (QED) is 0.200. The lowest BCUT2D eigenvalue weighted by atomic mass is 9.88. The molecule has 8 heteroatoms. The Morgan fingerprint density at radius 3 is 2.83 bits per heavy atom. The number of hydrogen-bond acceptors (Lipinski definition) is 7. The molecule has 7 atom stereocenters. The first-order valence-electron chi connectivity index (χ1n) is 13.0. The monoisotopic (exact) mass is 528 g/mol. The molecule has 2 heterocycles. The SMILES string of the molecule is COC(=O)c1ccc(CCC[C@@H]2[C@@H](C=C[C@@H](O)CCC[C@@H](C)O)[C@H](OC3CCCCO3)C[C@H]2Cl)s1. The van der Waals surface area contributed by atoms with Gasteiger partial charge in [0.05, 0.1) is 25.4 Å². The van der Waals surface area contributed by atoms with Gasteiger partial charge in [0.25, 0.3) is 0 Å². The Balaban J connectivity index is 1.60. The summed E-state index contributed by atoms with van der Waals surface area (Å²) < 4.78 is 17.0. The summed E-state index contributed by atoms with van der Waals surface area (Å²) in [5.74, 6) is 0.0645. The van der Waals surface area contributed by atoms with Crippen LogP contribution in [0.1, 0.15) is 79.3 Å². The van der Waals surface area contributed by atoms with Gasteiger partial charge in [0.15, 0.2) is 6.29 Å². The van der Waals surface area contributed by atoms with Gasteiger partial charge in [-0.2, -0.15) is 0 Å². The molecule has 1 aromatic heterocycles. The van der Waals surface area contributed by atoms with Gasteiger partial charge >= 0.3 is 5.97 Å². The topological polar surface area (TPSA) is 85.2 Å². The van der Waals surface area contributed by atoms with Crippen molar-refractivity contribution in [3.63, 3.8) is 0 Å². The van der Waals surface area contributed by atoms with Crippen LogP contribution in [0.2, 0.25) is 0 Å². The van der Waals surface area contributed by atoms with Crippen LogP contribution in [-0.2, 0) is 20.6 Å². The molecule has 0 radical (unpaired) electrons. The maximum absolute atomic E-state index is 11.7. The minimum atomic E-state index is -0.543. The molecule has 35 heavy (non-hydrogen) atoms. The van der Waals surface area contributed by atoms with E-state index in [9.17, 15) is 15.0 Å². The van der Waals surface area contributed by atoms with Crippen molar-refractivity contribution < 1.29 is 29.2 Å². The third-order valence-corrected chi connectivity index (χ3v) is 8.62. The van der Waals surface area contributed by atoms with Gasteiger partial charge in [-0.3, -0.25) is 0 Å². The predicted molar refractivity (Wildman–Crippen MR) is 139 cm³/mol. The number of carbonyl (C=O) groups is 1. The molecule has 1 aliphatic heterocycles. The van der Waals surface area contributed by atoms with Crippen LogP contribution in [0.3, 0.4) is 0 Å². The number of methoxy groups -OCH3 is 1. The van der Waals surface area contributed by atoms with E-state index in [4.69, 9.17) is 25.8 Å². The van der Waals surface area contributed by atoms with E-state index in [1.54, 1.807) is 6.92 Å². The number of aliphatic hydroxyl groups excluding tert-OH is 2. The van der Waals surface area contributed by atoms with Gasteiger partial charge in [-0.15, -0.1) is 22.9 Å². The first kappa shape index (κ1) is 28.6. The molecule has 0 amide bonds. The molecular weight excluding hydrogens is 488 g/mol. The fourth-order valence-electron chi connectivity index (χ4n) is 5.08. The Morgan fingerprint density at radius 1 is 1.29 bits per heavy atom. The second-order valence-electron chi connectivity index (χ2n) is 9.85. The molecule has 198 valence electrons. The Bertz CT molecular complexity index is 790. The van der Waals surface area contributed by atoms with E-state index in [-0.39, 0.29) is 41.7 Å². The first-order valence-corrected chi connectivity index (χ1v) is 14.2. The van der Waals surface area contributed by atoms with Gasteiger partial charge < -0.3 is 24.4 Å². The number of hydrogen-bond donors (Lipinski definition) is 2. The largest absolute Gasteiger partial charge is 0.465 e. The molecule has 1 unspecified atom stereocenters. The molecule has 3 rings (SSSR count). The van der Waals surface area contributed by atoms with E-state index < -0.39 is 6.10 Å². The highest BCUT2D eigenvalue weighted by Gasteiger charge is 2.42. The predicted octanol–water partition coefficient (Wildman–Crippen LogP) is 5.48. The highest BCUT2D eigenvalue weighted by atomic mass is 35.5. The minimum absolute atomic E-state index is 0.000382. The summed E-state index contributed by atoms with van der Waals surface area (Å²) in [4.78, 5) is 13.5. The molecule has 1 aromatic rings. The Labute approximate surface area is 218 Å². The maximum Gasteiger partial charge on any atom is 0.348 e. The van der Waals surface area contributed by atoms with E-state index >= 15 is 0 Å². The molecule has 1 saturated heterocycles. The van der Waals surface area contributed by atoms with E-state index in [0.29, 0.717) is 17.7 Å². The lowest BCUT2D eigenvalue weighted by Crippen LogP contribution is -2.30. The van der Waals surface area contributed by atoms with Crippen molar-refractivity contribution in [1.82, 2.24) is 0 Å². The van der Waals surface area contributed by atoms with Crippen LogP contribution in [0.4, 0.5) is 0 Å². The summed E-state index contributed by atoms with van der Waals surface area (Å²) in [6.07, 6.45) is 11.6. The first-order chi connectivity index (χ1) is 16.9. The van der Waals surface area contributed by atoms with Crippen molar-refractivity contribution in [2.45, 2.75) is 101 Å². The third kappa shape index (κ3) is 9.13. The molecule has 0 bridgehead atoms. The number of rotatable bonds is 13. The molecule has 2 fully saturated rings. The average molecular weight is 529 g/mol. The summed E-state index contributed by atoms with van der Waals surface area (Å²) in [7, 11) is 1.40. The Morgan fingerprint density at radius 2 is 2.11 bits per heavy atom. The molecule has 0 aromatic carbocycles. The molecule has 6 nitrogen and oxygen atoms in total. The van der Waals surface area contributed by atoms with Crippen LogP contribution in [0.5, 0.6) is 0 Å². The van der Waals surface area contributed by atoms with Crippen LogP contribution in [0.25, 0.3) is 0 Å². The number of alkyl halides is 1. The molecule has 0 spiro atoms. The van der Waals surface area contributed by atoms with Crippen molar-refractivity contribution in [3.05, 3.63) is 34.0 Å². The summed E-state index contributed by atoms with van der Waals surface area (Å²) in [6, 6.07) is 3.82. The number of carbonyl (C=O) groups excluding carboxylic acids is 1. The standard InChI is InChI=1S/C27H41ClO6S/c1-18(29)7-5-8-19(30)12-14-22-21(10-6-9-20-13-15-25(35-20)27(31)32-2)23(28)17-24(22)34-26-11-3-4-16-33-26/h12-15,18-19,21-24,26,29-30H,3-11,16-17H2,1-2H3/t18-,19+,21-,22-,23-,24-,26?/m1/s1. The zero-order valence-electron chi connectivity index (χ0n) is 20.9. The highest BCUT2D eigenvalue weighted by Crippen LogP contribution is 2.43. The summed E-state index contributed by atoms with van der Waals surface area (Å²) >= 11 is 8.35. The number of halogens is 1. The van der Waals surface area contributed by atoms with Gasteiger partial charge in [0.2, 0.25) is 0 Å². The van der Waals surface area contributed by atoms with E-state index in [2.05, 4.69) is 6.08 Å². The van der Waals surface area contributed by atoms with Gasteiger partial charge in [0, 0.05) is 22.8 Å². The lowest BCUT2D eigenvalue weighted by molar-refractivity contribution is -0.192. The second-order valence-corrected chi connectivity index (χ2v) is 11.6. The summed E-state index contributed by atoms with van der Waals surface area (Å²) in [5, 5.41) is 19.9. The lowest BCUT2D eigenvalue weighted by Gasteiger charge is -2.29. The van der Waals surface area contributed by atoms with E-state index in [0.717, 1.165) is 58.0 Å². The normalized spacial score (nSPS) is 28.9. The molecule has 2 aliphatic rings. The third-order valence-electron chi connectivity index (χ3n) is 7.00. The van der Waals surface area contributed by atoms with Gasteiger partial charge in [-0.1, -0.05) is 12.2 Å². The Hall–Kier alpha value is -0.960. The number of aryl methyl sites for hydroxylation is 1. The van der Waals surface area contributed by atoms with Crippen LogP contribution in [0.15, 0.2) is 24.3 Å². The van der Waals surface area contributed by atoms with Crippen LogP contribution in [0, 0.1) is 11.8 Å². The number of aliphatic hydroxyl groups is 2. The second kappa shape index (κ2) is 14.7. The van der Waals surface area contributed by atoms with E-state index in [1.165, 1.54) is 23.3 Å². The molecule has 1 saturated carbocycles. The summed E-state index contributed by atoms with van der Waals surface area (Å²) in [6.45, 7) is 2.51. The minimum Gasteiger partial charge on any atom is -0.465 e. The van der Waals surface area contributed by atoms with E-state index in [1.807, 2.05) is 18.2 Å². The zero-order chi connectivity index (χ0) is 25.2. The van der Waals surface area contributed by atoms with Crippen molar-refractivity contribution >= 4 is 28.9 Å². The van der Waals surface area contributed by atoms with Crippen LogP contribution >= 0.6 is 22.9 Å². The average Bonchev–Trinajstić information content (AvgIpc) is 3.42. The number of thiophene rings is 1. The van der Waals surface area contributed by atoms with Gasteiger partial charge in [-0.05, 0) is 89.2 Å². The molecule has 2 N–H and O–H groups in total. The van der Waals surface area contributed by atoms with Gasteiger partial charge in [-0.25, -0.2) is 4.79 Å². The highest BCUT2D eigenvalue weighted by molar-refractivity contribution is 7.13. The van der Waals surface area contributed by atoms with Crippen molar-refractivity contribution in [3.8, 4) is 0 Å². The zero-order valence-corrected chi connectivity index (χ0v) is 22.5. The summed E-state index contributed by atoms with van der Waals surface area (Å²) in [5.41, 5.74) is 0. The Kier molecular flexibility index (Phi) is 12.0. The van der Waals surface area contributed by atoms with Gasteiger partial charge in [0.1, 0.15) is 4.88 Å². The van der Waals surface area contributed by atoms with Crippen molar-refractivity contribution in [2.24, 2.45) is 11.8 Å². The van der Waals surface area contributed by atoms with Crippen LogP contribution in [-0.4, -0.2) is 59.9 Å².